The first-order valence-electron chi connectivity index (χ1n) is 8.25. The summed E-state index contributed by atoms with van der Waals surface area (Å²) in [6, 6.07) is 18.7. The molecule has 0 saturated heterocycles. The predicted octanol–water partition coefficient (Wildman–Crippen LogP) is 4.17. The first-order chi connectivity index (χ1) is 12.6. The monoisotopic (exact) mass is 343 g/mol. The van der Waals surface area contributed by atoms with Crippen LogP contribution >= 0.6 is 0 Å². The standard InChI is InChI=1S/C21H17N3O2/c1-3-26-21(25)18-14(2)23-20(16-9-5-4-6-10-16)24-19(18)17-11-7-8-15(12-17)13-22/h4-12H,3H2,1-2H3. The van der Waals surface area contributed by atoms with Gasteiger partial charge in [0.25, 0.3) is 0 Å². The number of hydrogen-bond acceptors (Lipinski definition) is 5. The Hall–Kier alpha value is -3.52. The summed E-state index contributed by atoms with van der Waals surface area (Å²) in [7, 11) is 0. The molecule has 0 saturated carbocycles. The number of carbonyl (C=O) groups excluding carboxylic acids is 1. The molecular weight excluding hydrogens is 326 g/mol. The molecule has 0 amide bonds. The topological polar surface area (TPSA) is 75.9 Å². The number of aryl methyl sites for hydroxylation is 1. The Bertz CT molecular complexity index is 992. The van der Waals surface area contributed by atoms with Gasteiger partial charge in [0.15, 0.2) is 5.82 Å². The quantitative estimate of drug-likeness (QED) is 0.665. The number of esters is 1. The van der Waals surface area contributed by atoms with Crippen molar-refractivity contribution < 1.29 is 9.53 Å². The van der Waals surface area contributed by atoms with E-state index in [1.54, 1.807) is 32.0 Å². The number of hydrogen-bond donors (Lipinski definition) is 0. The molecule has 0 N–H and O–H groups in total. The third-order valence-electron chi connectivity index (χ3n) is 3.87. The largest absolute Gasteiger partial charge is 0.462 e. The van der Waals surface area contributed by atoms with E-state index in [1.165, 1.54) is 0 Å². The van der Waals surface area contributed by atoms with Crippen molar-refractivity contribution >= 4 is 5.97 Å². The summed E-state index contributed by atoms with van der Waals surface area (Å²) in [6.07, 6.45) is 0. The zero-order chi connectivity index (χ0) is 18.5. The maximum Gasteiger partial charge on any atom is 0.342 e. The normalized spacial score (nSPS) is 10.2. The molecule has 3 aromatic rings. The predicted molar refractivity (Wildman–Crippen MR) is 98.3 cm³/mol. The molecule has 0 aliphatic carbocycles. The minimum Gasteiger partial charge on any atom is -0.462 e. The highest BCUT2D eigenvalue weighted by molar-refractivity contribution is 5.97. The van der Waals surface area contributed by atoms with Gasteiger partial charge in [0, 0.05) is 11.1 Å². The van der Waals surface area contributed by atoms with Crippen LogP contribution in [0, 0.1) is 18.3 Å². The summed E-state index contributed by atoms with van der Waals surface area (Å²) in [6.45, 7) is 3.77. The first-order valence-corrected chi connectivity index (χ1v) is 8.25. The lowest BCUT2D eigenvalue weighted by atomic mass is 10.0. The highest BCUT2D eigenvalue weighted by atomic mass is 16.5. The number of aromatic nitrogens is 2. The molecule has 3 rings (SSSR count). The Morgan fingerprint density at radius 3 is 2.50 bits per heavy atom. The van der Waals surface area contributed by atoms with Crippen LogP contribution in [-0.4, -0.2) is 22.5 Å². The maximum atomic E-state index is 12.5. The van der Waals surface area contributed by atoms with Gasteiger partial charge in [-0.3, -0.25) is 0 Å². The molecule has 0 bridgehead atoms. The number of carbonyl (C=O) groups is 1. The van der Waals surface area contributed by atoms with Gasteiger partial charge >= 0.3 is 5.97 Å². The summed E-state index contributed by atoms with van der Waals surface area (Å²) in [5.41, 5.74) is 3.34. The Morgan fingerprint density at radius 2 is 1.81 bits per heavy atom. The molecule has 1 aromatic heterocycles. The van der Waals surface area contributed by atoms with Crippen molar-refractivity contribution in [1.29, 1.82) is 5.26 Å². The molecular formula is C21H17N3O2. The van der Waals surface area contributed by atoms with Crippen molar-refractivity contribution in [3.05, 3.63) is 71.4 Å². The highest BCUT2D eigenvalue weighted by Crippen LogP contribution is 2.28. The van der Waals surface area contributed by atoms with Gasteiger partial charge in [-0.15, -0.1) is 0 Å². The molecule has 0 atom stereocenters. The molecule has 0 fully saturated rings. The fourth-order valence-corrected chi connectivity index (χ4v) is 2.68. The number of nitrogens with zero attached hydrogens (tertiary/aromatic N) is 3. The average Bonchev–Trinajstić information content (AvgIpc) is 2.68. The van der Waals surface area contributed by atoms with Crippen LogP contribution < -0.4 is 0 Å². The lowest BCUT2D eigenvalue weighted by Crippen LogP contribution is -2.12. The smallest absolute Gasteiger partial charge is 0.342 e. The van der Waals surface area contributed by atoms with Crippen molar-refractivity contribution in [3.63, 3.8) is 0 Å². The van der Waals surface area contributed by atoms with Gasteiger partial charge in [0.05, 0.1) is 29.6 Å². The van der Waals surface area contributed by atoms with Gasteiger partial charge in [-0.2, -0.15) is 5.26 Å². The van der Waals surface area contributed by atoms with E-state index in [0.717, 1.165) is 5.56 Å². The van der Waals surface area contributed by atoms with Gasteiger partial charge in [-0.1, -0.05) is 42.5 Å². The first kappa shape index (κ1) is 17.3. The zero-order valence-electron chi connectivity index (χ0n) is 14.6. The van der Waals surface area contributed by atoms with Crippen molar-refractivity contribution in [3.8, 4) is 28.7 Å². The molecule has 5 nitrogen and oxygen atoms in total. The summed E-state index contributed by atoms with van der Waals surface area (Å²) in [4.78, 5) is 21.6. The zero-order valence-corrected chi connectivity index (χ0v) is 14.6. The maximum absolute atomic E-state index is 12.5. The Labute approximate surface area is 151 Å². The van der Waals surface area contributed by atoms with E-state index in [4.69, 9.17) is 4.74 Å². The van der Waals surface area contributed by atoms with Gasteiger partial charge < -0.3 is 4.74 Å². The Morgan fingerprint density at radius 1 is 1.08 bits per heavy atom. The van der Waals surface area contributed by atoms with Crippen LogP contribution in [0.4, 0.5) is 0 Å². The SMILES string of the molecule is CCOC(=O)c1c(C)nc(-c2ccccc2)nc1-c1cccc(C#N)c1. The van der Waals surface area contributed by atoms with E-state index < -0.39 is 5.97 Å². The summed E-state index contributed by atoms with van der Waals surface area (Å²) in [5.74, 6) is 0.0514. The van der Waals surface area contributed by atoms with Crippen LogP contribution in [0.5, 0.6) is 0 Å². The number of ether oxygens (including phenoxy) is 1. The summed E-state index contributed by atoms with van der Waals surface area (Å²) >= 11 is 0. The molecule has 1 heterocycles. The Kier molecular flexibility index (Phi) is 5.04. The van der Waals surface area contributed by atoms with E-state index in [-0.39, 0.29) is 6.61 Å². The van der Waals surface area contributed by atoms with Gasteiger partial charge in [0.2, 0.25) is 0 Å². The van der Waals surface area contributed by atoms with Crippen molar-refractivity contribution in [2.45, 2.75) is 13.8 Å². The van der Waals surface area contributed by atoms with E-state index in [1.807, 2.05) is 36.4 Å². The molecule has 0 radical (unpaired) electrons. The van der Waals surface area contributed by atoms with E-state index in [2.05, 4.69) is 16.0 Å². The highest BCUT2D eigenvalue weighted by Gasteiger charge is 2.21. The van der Waals surface area contributed by atoms with Crippen LogP contribution in [-0.2, 0) is 4.74 Å². The molecule has 0 aliphatic heterocycles. The van der Waals surface area contributed by atoms with E-state index in [0.29, 0.717) is 33.9 Å². The number of nitriles is 1. The molecule has 5 heteroatoms. The van der Waals surface area contributed by atoms with Gasteiger partial charge in [-0.25, -0.2) is 14.8 Å². The van der Waals surface area contributed by atoms with Crippen molar-refractivity contribution in [2.75, 3.05) is 6.61 Å². The van der Waals surface area contributed by atoms with Gasteiger partial charge in [0.1, 0.15) is 5.56 Å². The molecule has 128 valence electrons. The fraction of sp³-hybridized carbons (Fsp3) is 0.143. The molecule has 0 unspecified atom stereocenters. The molecule has 0 aliphatic rings. The average molecular weight is 343 g/mol. The second kappa shape index (κ2) is 7.58. The third kappa shape index (κ3) is 3.45. The third-order valence-corrected chi connectivity index (χ3v) is 3.87. The fourth-order valence-electron chi connectivity index (χ4n) is 2.68. The second-order valence-electron chi connectivity index (χ2n) is 5.64. The molecule has 0 spiro atoms. The van der Waals surface area contributed by atoms with Crippen molar-refractivity contribution in [2.24, 2.45) is 0 Å². The Balaban J connectivity index is 2.25. The van der Waals surface area contributed by atoms with E-state index in [9.17, 15) is 10.1 Å². The second-order valence-corrected chi connectivity index (χ2v) is 5.64. The minimum atomic E-state index is -0.470. The van der Waals surface area contributed by atoms with Crippen LogP contribution in [0.3, 0.4) is 0 Å². The van der Waals surface area contributed by atoms with Crippen LogP contribution in [0.15, 0.2) is 54.6 Å². The van der Waals surface area contributed by atoms with Crippen LogP contribution in [0.2, 0.25) is 0 Å². The van der Waals surface area contributed by atoms with Crippen molar-refractivity contribution in [1.82, 2.24) is 9.97 Å². The number of rotatable bonds is 4. The molecule has 26 heavy (non-hydrogen) atoms. The van der Waals surface area contributed by atoms with Crippen LogP contribution in [0.25, 0.3) is 22.6 Å². The molecule has 2 aromatic carbocycles. The van der Waals surface area contributed by atoms with E-state index >= 15 is 0 Å². The lowest BCUT2D eigenvalue weighted by Gasteiger charge is -2.13. The van der Waals surface area contributed by atoms with Gasteiger partial charge in [-0.05, 0) is 26.0 Å². The summed E-state index contributed by atoms with van der Waals surface area (Å²) < 4.78 is 5.19. The summed E-state index contributed by atoms with van der Waals surface area (Å²) in [5, 5.41) is 9.18. The lowest BCUT2D eigenvalue weighted by molar-refractivity contribution is 0.0525. The minimum absolute atomic E-state index is 0.260. The van der Waals surface area contributed by atoms with Crippen LogP contribution in [0.1, 0.15) is 28.5 Å². The number of benzene rings is 2.